The van der Waals surface area contributed by atoms with Crippen LogP contribution < -0.4 is 10.1 Å². The molecular weight excluding hydrogens is 262 g/mol. The number of nitrogens with zero attached hydrogens (tertiary/aromatic N) is 2. The van der Waals surface area contributed by atoms with E-state index >= 15 is 0 Å². The molecule has 0 unspecified atom stereocenters. The molecule has 0 atom stereocenters. The van der Waals surface area contributed by atoms with Gasteiger partial charge in [0.05, 0.1) is 11.8 Å². The van der Waals surface area contributed by atoms with E-state index in [1.54, 1.807) is 6.20 Å². The summed E-state index contributed by atoms with van der Waals surface area (Å²) in [6.07, 6.45) is 2.75. The number of hydrogen-bond donors (Lipinski definition) is 1. The summed E-state index contributed by atoms with van der Waals surface area (Å²) in [4.78, 5) is 4.18. The number of aromatic nitrogens is 1. The first-order valence-corrected chi connectivity index (χ1v) is 7.07. The van der Waals surface area contributed by atoms with Gasteiger partial charge in [0, 0.05) is 12.2 Å². The molecule has 0 saturated carbocycles. The maximum atomic E-state index is 9.27. The van der Waals surface area contributed by atoms with Gasteiger partial charge in [-0.05, 0) is 49.7 Å². The predicted molar refractivity (Wildman–Crippen MR) is 82.2 cm³/mol. The third kappa shape index (κ3) is 4.30. The largest absolute Gasteiger partial charge is 0.454 e. The van der Waals surface area contributed by atoms with Gasteiger partial charge in [0.25, 0.3) is 0 Å². The Balaban J connectivity index is 2.12. The first kappa shape index (κ1) is 15.0. The van der Waals surface area contributed by atoms with E-state index in [1.165, 1.54) is 0 Å². The molecule has 0 aliphatic carbocycles. The number of pyridine rings is 1. The fraction of sp³-hybridized carbons (Fsp3) is 0.294. The summed E-state index contributed by atoms with van der Waals surface area (Å²) in [6, 6.07) is 11.6. The van der Waals surface area contributed by atoms with Gasteiger partial charge >= 0.3 is 0 Å². The molecule has 4 nitrogen and oxygen atoms in total. The Kier molecular flexibility index (Phi) is 5.30. The van der Waals surface area contributed by atoms with Gasteiger partial charge in [-0.1, -0.05) is 13.0 Å². The van der Waals surface area contributed by atoms with Crippen LogP contribution in [0.5, 0.6) is 11.5 Å². The van der Waals surface area contributed by atoms with Crippen molar-refractivity contribution in [1.82, 2.24) is 10.3 Å². The van der Waals surface area contributed by atoms with Crippen LogP contribution in [0.3, 0.4) is 0 Å². The number of ether oxygens (including phenoxy) is 1. The monoisotopic (exact) mass is 281 g/mol. The Morgan fingerprint density at radius 2 is 2.14 bits per heavy atom. The normalized spacial score (nSPS) is 10.1. The van der Waals surface area contributed by atoms with Crippen molar-refractivity contribution in [3.8, 4) is 17.6 Å². The Morgan fingerprint density at radius 1 is 1.29 bits per heavy atom. The minimum Gasteiger partial charge on any atom is -0.454 e. The fourth-order valence-electron chi connectivity index (χ4n) is 1.91. The molecule has 1 aromatic carbocycles. The average Bonchev–Trinajstić information content (AvgIpc) is 2.51. The van der Waals surface area contributed by atoms with Crippen molar-refractivity contribution in [2.75, 3.05) is 6.54 Å². The third-order valence-electron chi connectivity index (χ3n) is 3.03. The molecule has 1 heterocycles. The number of nitriles is 1. The molecule has 108 valence electrons. The van der Waals surface area contributed by atoms with Crippen molar-refractivity contribution < 1.29 is 4.74 Å². The topological polar surface area (TPSA) is 57.9 Å². The van der Waals surface area contributed by atoms with E-state index in [9.17, 15) is 5.26 Å². The molecule has 4 heteroatoms. The highest BCUT2D eigenvalue weighted by Crippen LogP contribution is 2.25. The van der Waals surface area contributed by atoms with Crippen molar-refractivity contribution in [3.63, 3.8) is 0 Å². The van der Waals surface area contributed by atoms with Gasteiger partial charge in [0.15, 0.2) is 0 Å². The zero-order valence-electron chi connectivity index (χ0n) is 12.4. The van der Waals surface area contributed by atoms with Crippen LogP contribution in [0, 0.1) is 18.3 Å². The van der Waals surface area contributed by atoms with Gasteiger partial charge in [-0.15, -0.1) is 0 Å². The van der Waals surface area contributed by atoms with Crippen LogP contribution in [-0.4, -0.2) is 11.5 Å². The van der Waals surface area contributed by atoms with E-state index in [4.69, 9.17) is 4.74 Å². The standard InChI is InChI=1S/C17H19N3O/c1-3-8-19-11-14-5-7-17(15(9-14)10-18)21-16-6-4-13(2)20-12-16/h4-7,9,12,19H,3,8,11H2,1-2H3. The zero-order chi connectivity index (χ0) is 15.1. The Hall–Kier alpha value is -2.38. The molecule has 1 aromatic heterocycles. The lowest BCUT2D eigenvalue weighted by molar-refractivity contribution is 0.478. The van der Waals surface area contributed by atoms with Crippen LogP contribution in [0.15, 0.2) is 36.5 Å². The maximum absolute atomic E-state index is 9.27. The minimum absolute atomic E-state index is 0.534. The molecule has 0 radical (unpaired) electrons. The maximum Gasteiger partial charge on any atom is 0.145 e. The lowest BCUT2D eigenvalue weighted by atomic mass is 10.1. The quantitative estimate of drug-likeness (QED) is 0.823. The molecule has 0 aliphatic heterocycles. The second kappa shape index (κ2) is 7.41. The average molecular weight is 281 g/mol. The number of rotatable bonds is 6. The summed E-state index contributed by atoms with van der Waals surface area (Å²) in [7, 11) is 0. The third-order valence-corrected chi connectivity index (χ3v) is 3.03. The SMILES string of the molecule is CCCNCc1ccc(Oc2ccc(C)nc2)c(C#N)c1. The Bertz CT molecular complexity index is 629. The summed E-state index contributed by atoms with van der Waals surface area (Å²) in [5.41, 5.74) is 2.54. The molecule has 21 heavy (non-hydrogen) atoms. The first-order valence-electron chi connectivity index (χ1n) is 7.07. The van der Waals surface area contributed by atoms with Crippen LogP contribution in [0.4, 0.5) is 0 Å². The molecule has 2 rings (SSSR count). The summed E-state index contributed by atoms with van der Waals surface area (Å²) in [6.45, 7) is 5.77. The zero-order valence-corrected chi connectivity index (χ0v) is 12.4. The van der Waals surface area contributed by atoms with Crippen molar-refractivity contribution in [3.05, 3.63) is 53.3 Å². The van der Waals surface area contributed by atoms with Crippen molar-refractivity contribution in [2.45, 2.75) is 26.8 Å². The molecular formula is C17H19N3O. The molecule has 0 aliphatic rings. The number of hydrogen-bond acceptors (Lipinski definition) is 4. The lowest BCUT2D eigenvalue weighted by Crippen LogP contribution is -2.13. The molecule has 0 amide bonds. The van der Waals surface area contributed by atoms with Gasteiger partial charge in [0.2, 0.25) is 0 Å². The molecule has 0 spiro atoms. The number of nitrogens with one attached hydrogen (secondary N) is 1. The van der Waals surface area contributed by atoms with Crippen molar-refractivity contribution in [1.29, 1.82) is 5.26 Å². The summed E-state index contributed by atoms with van der Waals surface area (Å²) >= 11 is 0. The van der Waals surface area contributed by atoms with E-state index in [0.29, 0.717) is 17.1 Å². The Labute approximate surface area is 125 Å². The highest BCUT2D eigenvalue weighted by molar-refractivity contribution is 5.47. The van der Waals surface area contributed by atoms with Crippen LogP contribution >= 0.6 is 0 Å². The van der Waals surface area contributed by atoms with Crippen LogP contribution in [0.1, 0.15) is 30.2 Å². The predicted octanol–water partition coefficient (Wildman–Crippen LogP) is 3.55. The smallest absolute Gasteiger partial charge is 0.145 e. The summed E-state index contributed by atoms with van der Waals surface area (Å²) in [5.74, 6) is 1.19. The Morgan fingerprint density at radius 3 is 2.81 bits per heavy atom. The van der Waals surface area contributed by atoms with Crippen LogP contribution in [0.25, 0.3) is 0 Å². The molecule has 0 fully saturated rings. The van der Waals surface area contributed by atoms with Crippen molar-refractivity contribution in [2.24, 2.45) is 0 Å². The highest BCUT2D eigenvalue weighted by atomic mass is 16.5. The van der Waals surface area contributed by atoms with Gasteiger partial charge in [-0.25, -0.2) is 0 Å². The summed E-state index contributed by atoms with van der Waals surface area (Å²) < 4.78 is 5.73. The second-order valence-electron chi connectivity index (χ2n) is 4.86. The van der Waals surface area contributed by atoms with E-state index < -0.39 is 0 Å². The highest BCUT2D eigenvalue weighted by Gasteiger charge is 2.06. The van der Waals surface area contributed by atoms with Crippen LogP contribution in [0.2, 0.25) is 0 Å². The van der Waals surface area contributed by atoms with Gasteiger partial charge < -0.3 is 10.1 Å². The second-order valence-corrected chi connectivity index (χ2v) is 4.86. The van der Waals surface area contributed by atoms with Gasteiger partial charge in [0.1, 0.15) is 17.6 Å². The number of aryl methyl sites for hydroxylation is 1. The lowest BCUT2D eigenvalue weighted by Gasteiger charge is -2.09. The minimum atomic E-state index is 0.534. The number of benzene rings is 1. The van der Waals surface area contributed by atoms with Gasteiger partial charge in [-0.3, -0.25) is 4.98 Å². The van der Waals surface area contributed by atoms with Crippen LogP contribution in [-0.2, 0) is 6.54 Å². The van der Waals surface area contributed by atoms with E-state index in [0.717, 1.165) is 30.8 Å². The van der Waals surface area contributed by atoms with E-state index in [2.05, 4.69) is 23.3 Å². The molecule has 0 bridgehead atoms. The fourth-order valence-corrected chi connectivity index (χ4v) is 1.91. The molecule has 2 aromatic rings. The molecule has 1 N–H and O–H groups in total. The van der Waals surface area contributed by atoms with Crippen molar-refractivity contribution >= 4 is 0 Å². The first-order chi connectivity index (χ1) is 10.2. The summed E-state index contributed by atoms with van der Waals surface area (Å²) in [5, 5.41) is 12.6. The van der Waals surface area contributed by atoms with E-state index in [1.807, 2.05) is 37.3 Å². The molecule has 0 saturated heterocycles. The van der Waals surface area contributed by atoms with E-state index in [-0.39, 0.29) is 0 Å². The van der Waals surface area contributed by atoms with Gasteiger partial charge in [-0.2, -0.15) is 5.26 Å².